The van der Waals surface area contributed by atoms with Gasteiger partial charge in [0.05, 0.1) is 0 Å². The summed E-state index contributed by atoms with van der Waals surface area (Å²) >= 11 is 0. The van der Waals surface area contributed by atoms with Gasteiger partial charge in [0.2, 0.25) is 5.91 Å². The molecular weight excluding hydrogens is 268 g/mol. The molecule has 116 valence electrons. The molecule has 21 heavy (non-hydrogen) atoms. The minimum atomic E-state index is -0.0211. The second-order valence-corrected chi connectivity index (χ2v) is 5.38. The fraction of sp³-hybridized carbons (Fsp3) is 0.562. The van der Waals surface area contributed by atoms with Crippen molar-refractivity contribution in [1.82, 2.24) is 10.2 Å². The number of nitrogens with zero attached hydrogens (tertiary/aromatic N) is 1. The van der Waals surface area contributed by atoms with Gasteiger partial charge >= 0.3 is 0 Å². The Kier molecular flexibility index (Phi) is 5.44. The lowest BCUT2D eigenvalue weighted by Crippen LogP contribution is -2.36. The number of benzene rings is 1. The average Bonchev–Trinajstić information content (AvgIpc) is 2.51. The van der Waals surface area contributed by atoms with E-state index in [-0.39, 0.29) is 11.8 Å². The summed E-state index contributed by atoms with van der Waals surface area (Å²) in [6.45, 7) is 7.31. The molecule has 0 fully saturated rings. The lowest BCUT2D eigenvalue weighted by molar-refractivity contribution is -0.134. The molecule has 0 saturated carbocycles. The maximum atomic E-state index is 12.3. The maximum Gasteiger partial charge on any atom is 0.226 e. The number of amides is 1. The monoisotopic (exact) mass is 292 g/mol. The fourth-order valence-corrected chi connectivity index (χ4v) is 2.36. The molecule has 1 heterocycles. The van der Waals surface area contributed by atoms with Gasteiger partial charge in [-0.3, -0.25) is 4.79 Å². The standard InChI is InChI=1S/C16H24N2O3/c1-4-17-10-12(2)16(19)18(3)11-13-5-6-14-15(9-13)21-8-7-20-14/h5-6,9,12,17H,4,7-8,10-11H2,1-3H3. The van der Waals surface area contributed by atoms with E-state index in [0.29, 0.717) is 26.3 Å². The van der Waals surface area contributed by atoms with Crippen LogP contribution in [0.25, 0.3) is 0 Å². The molecule has 1 aliphatic heterocycles. The zero-order valence-electron chi connectivity index (χ0n) is 13.0. The molecule has 1 N–H and O–H groups in total. The highest BCUT2D eigenvalue weighted by molar-refractivity contribution is 5.78. The number of nitrogens with one attached hydrogen (secondary N) is 1. The fourth-order valence-electron chi connectivity index (χ4n) is 2.36. The first-order valence-corrected chi connectivity index (χ1v) is 7.46. The summed E-state index contributed by atoms with van der Waals surface area (Å²) in [7, 11) is 1.83. The first-order valence-electron chi connectivity index (χ1n) is 7.46. The zero-order valence-corrected chi connectivity index (χ0v) is 13.0. The SMILES string of the molecule is CCNCC(C)C(=O)N(C)Cc1ccc2c(c1)OCCO2. The van der Waals surface area contributed by atoms with Gasteiger partial charge in [-0.05, 0) is 24.2 Å². The van der Waals surface area contributed by atoms with Crippen molar-refractivity contribution in [3.05, 3.63) is 23.8 Å². The van der Waals surface area contributed by atoms with Gasteiger partial charge in [-0.2, -0.15) is 0 Å². The van der Waals surface area contributed by atoms with Crippen LogP contribution in [0.3, 0.4) is 0 Å². The summed E-state index contributed by atoms with van der Waals surface area (Å²) in [4.78, 5) is 14.0. The Morgan fingerprint density at radius 1 is 1.33 bits per heavy atom. The number of carbonyl (C=O) groups is 1. The van der Waals surface area contributed by atoms with E-state index in [4.69, 9.17) is 9.47 Å². The van der Waals surface area contributed by atoms with E-state index in [1.54, 1.807) is 4.90 Å². The first-order chi connectivity index (χ1) is 10.1. The van der Waals surface area contributed by atoms with Gasteiger partial charge in [-0.25, -0.2) is 0 Å². The van der Waals surface area contributed by atoms with Crippen molar-refractivity contribution < 1.29 is 14.3 Å². The smallest absolute Gasteiger partial charge is 0.226 e. The normalized spacial score (nSPS) is 14.6. The number of hydrogen-bond donors (Lipinski definition) is 1. The maximum absolute atomic E-state index is 12.3. The lowest BCUT2D eigenvalue weighted by atomic mass is 10.1. The molecule has 5 heteroatoms. The van der Waals surface area contributed by atoms with Crippen molar-refractivity contribution in [2.75, 3.05) is 33.4 Å². The van der Waals surface area contributed by atoms with Gasteiger partial charge < -0.3 is 19.7 Å². The third-order valence-electron chi connectivity index (χ3n) is 3.52. The topological polar surface area (TPSA) is 50.8 Å². The molecule has 5 nitrogen and oxygen atoms in total. The van der Waals surface area contributed by atoms with Crippen molar-refractivity contribution in [2.45, 2.75) is 20.4 Å². The molecule has 0 aromatic heterocycles. The van der Waals surface area contributed by atoms with Crippen LogP contribution in [0, 0.1) is 5.92 Å². The van der Waals surface area contributed by atoms with Gasteiger partial charge in [-0.1, -0.05) is 19.9 Å². The van der Waals surface area contributed by atoms with Crippen molar-refractivity contribution >= 4 is 5.91 Å². The molecule has 1 aliphatic rings. The Labute approximate surface area is 126 Å². The molecule has 1 aromatic rings. The molecule has 1 unspecified atom stereocenters. The Morgan fingerprint density at radius 2 is 2.05 bits per heavy atom. The van der Waals surface area contributed by atoms with Gasteiger partial charge in [0.25, 0.3) is 0 Å². The molecule has 1 atom stereocenters. The number of carbonyl (C=O) groups excluding carboxylic acids is 1. The molecule has 0 bridgehead atoms. The van der Waals surface area contributed by atoms with Gasteiger partial charge in [0.15, 0.2) is 11.5 Å². The summed E-state index contributed by atoms with van der Waals surface area (Å²) < 4.78 is 11.1. The van der Waals surface area contributed by atoms with Crippen molar-refractivity contribution in [3.8, 4) is 11.5 Å². The van der Waals surface area contributed by atoms with Crippen LogP contribution in [-0.2, 0) is 11.3 Å². The van der Waals surface area contributed by atoms with Crippen LogP contribution in [0.5, 0.6) is 11.5 Å². The summed E-state index contributed by atoms with van der Waals surface area (Å²) in [5.74, 6) is 1.66. The van der Waals surface area contributed by atoms with Crippen molar-refractivity contribution in [2.24, 2.45) is 5.92 Å². The van der Waals surface area contributed by atoms with Gasteiger partial charge in [0, 0.05) is 26.1 Å². The number of hydrogen-bond acceptors (Lipinski definition) is 4. The number of ether oxygens (including phenoxy) is 2. The highest BCUT2D eigenvalue weighted by Gasteiger charge is 2.18. The van der Waals surface area contributed by atoms with Gasteiger partial charge in [-0.15, -0.1) is 0 Å². The Hall–Kier alpha value is -1.75. The Bertz CT molecular complexity index is 490. The van der Waals surface area contributed by atoms with E-state index >= 15 is 0 Å². The molecule has 1 aromatic carbocycles. The van der Waals surface area contributed by atoms with Crippen LogP contribution in [0.15, 0.2) is 18.2 Å². The van der Waals surface area contributed by atoms with E-state index < -0.39 is 0 Å². The summed E-state index contributed by atoms with van der Waals surface area (Å²) in [5, 5.41) is 3.20. The third kappa shape index (κ3) is 4.11. The largest absolute Gasteiger partial charge is 0.486 e. The molecule has 2 rings (SSSR count). The first kappa shape index (κ1) is 15.6. The highest BCUT2D eigenvalue weighted by atomic mass is 16.6. The van der Waals surface area contributed by atoms with Crippen LogP contribution in [0.4, 0.5) is 0 Å². The summed E-state index contributed by atoms with van der Waals surface area (Å²) in [6, 6.07) is 5.84. The third-order valence-corrected chi connectivity index (χ3v) is 3.52. The van der Waals surface area contributed by atoms with Gasteiger partial charge in [0.1, 0.15) is 13.2 Å². The summed E-state index contributed by atoms with van der Waals surface area (Å²) in [5.41, 5.74) is 1.05. The van der Waals surface area contributed by atoms with Crippen LogP contribution >= 0.6 is 0 Å². The zero-order chi connectivity index (χ0) is 15.2. The minimum absolute atomic E-state index is 0.0211. The van der Waals surface area contributed by atoms with E-state index in [2.05, 4.69) is 5.32 Å². The second kappa shape index (κ2) is 7.31. The number of fused-ring (bicyclic) bond motifs is 1. The molecule has 0 radical (unpaired) electrons. The number of rotatable bonds is 6. The predicted molar refractivity (Wildman–Crippen MR) is 81.6 cm³/mol. The van der Waals surface area contributed by atoms with E-state index in [1.807, 2.05) is 39.1 Å². The second-order valence-electron chi connectivity index (χ2n) is 5.38. The van der Waals surface area contributed by atoms with Crippen molar-refractivity contribution in [3.63, 3.8) is 0 Å². The average molecular weight is 292 g/mol. The lowest BCUT2D eigenvalue weighted by Gasteiger charge is -2.23. The minimum Gasteiger partial charge on any atom is -0.486 e. The molecule has 0 spiro atoms. The molecule has 0 saturated heterocycles. The summed E-state index contributed by atoms with van der Waals surface area (Å²) in [6.07, 6.45) is 0. The Balaban J connectivity index is 1.95. The van der Waals surface area contributed by atoms with Crippen LogP contribution in [0.1, 0.15) is 19.4 Å². The highest BCUT2D eigenvalue weighted by Crippen LogP contribution is 2.31. The van der Waals surface area contributed by atoms with Crippen LogP contribution in [-0.4, -0.2) is 44.2 Å². The van der Waals surface area contributed by atoms with Crippen LogP contribution in [0.2, 0.25) is 0 Å². The Morgan fingerprint density at radius 3 is 2.76 bits per heavy atom. The van der Waals surface area contributed by atoms with E-state index in [9.17, 15) is 4.79 Å². The molecule has 0 aliphatic carbocycles. The molecular formula is C16H24N2O3. The quantitative estimate of drug-likeness (QED) is 0.866. The predicted octanol–water partition coefficient (Wildman–Crippen LogP) is 1.66. The van der Waals surface area contributed by atoms with Crippen LogP contribution < -0.4 is 14.8 Å². The van der Waals surface area contributed by atoms with Crippen molar-refractivity contribution in [1.29, 1.82) is 0 Å². The molecule has 1 amide bonds. The van der Waals surface area contributed by atoms with E-state index in [1.165, 1.54) is 0 Å². The van der Waals surface area contributed by atoms with E-state index in [0.717, 1.165) is 23.6 Å².